The van der Waals surface area contributed by atoms with Gasteiger partial charge in [0.2, 0.25) is 5.88 Å². The number of anilines is 1. The summed E-state index contributed by atoms with van der Waals surface area (Å²) in [5.74, 6) is 0.0206. The predicted molar refractivity (Wildman–Crippen MR) is 86.5 cm³/mol. The van der Waals surface area contributed by atoms with E-state index < -0.39 is 0 Å². The molecule has 1 aliphatic heterocycles. The molecule has 0 amide bonds. The molecule has 0 radical (unpaired) electrons. The number of nitrogens with two attached hydrogens (primary N) is 1. The van der Waals surface area contributed by atoms with Gasteiger partial charge in [-0.1, -0.05) is 18.2 Å². The van der Waals surface area contributed by atoms with E-state index in [9.17, 15) is 9.65 Å². The highest BCUT2D eigenvalue weighted by Gasteiger charge is 2.30. The topological polar surface area (TPSA) is 62.3 Å². The minimum Gasteiger partial charge on any atom is -0.440 e. The molecule has 2 aromatic carbocycles. The quantitative estimate of drug-likeness (QED) is 0.926. The number of nitriles is 1. The lowest BCUT2D eigenvalue weighted by Crippen LogP contribution is -2.21. The van der Waals surface area contributed by atoms with Crippen LogP contribution in [0.4, 0.5) is 10.1 Å². The summed E-state index contributed by atoms with van der Waals surface area (Å²) in [6, 6.07) is 14.0. The summed E-state index contributed by atoms with van der Waals surface area (Å²) < 4.78 is 18.9. The van der Waals surface area contributed by atoms with Crippen LogP contribution in [0, 0.1) is 17.1 Å². The normalized spacial score (nSPS) is 16.3. The second-order valence-corrected chi connectivity index (χ2v) is 5.59. The second kappa shape index (κ2) is 5.65. The van der Waals surface area contributed by atoms with Crippen molar-refractivity contribution in [2.45, 2.75) is 5.92 Å². The maximum Gasteiger partial charge on any atom is 0.205 e. The van der Waals surface area contributed by atoms with Gasteiger partial charge in [0.15, 0.2) is 0 Å². The molecule has 1 atom stereocenters. The van der Waals surface area contributed by atoms with Crippen molar-refractivity contribution in [1.82, 2.24) is 0 Å². The van der Waals surface area contributed by atoms with E-state index in [1.165, 1.54) is 12.1 Å². The number of allylic oxidation sites excluding steroid dienone is 1. The lowest BCUT2D eigenvalue weighted by atomic mass is 9.83. The number of ether oxygens (including phenoxy) is 1. The molecule has 0 bridgehead atoms. The van der Waals surface area contributed by atoms with E-state index >= 15 is 0 Å². The molecule has 1 aliphatic rings. The number of rotatable bonds is 2. The fraction of sp³-hybridized carbons (Fsp3) is 0.167. The zero-order chi connectivity index (χ0) is 16.6. The van der Waals surface area contributed by atoms with Crippen LogP contribution < -0.4 is 15.4 Å². The highest BCUT2D eigenvalue weighted by molar-refractivity contribution is 5.61. The third-order valence-corrected chi connectivity index (χ3v) is 3.92. The van der Waals surface area contributed by atoms with Gasteiger partial charge in [-0.05, 0) is 23.8 Å². The van der Waals surface area contributed by atoms with Gasteiger partial charge in [-0.15, -0.1) is 0 Å². The van der Waals surface area contributed by atoms with Gasteiger partial charge in [0.1, 0.15) is 23.2 Å². The molecule has 0 spiro atoms. The average molecular weight is 309 g/mol. The van der Waals surface area contributed by atoms with Crippen molar-refractivity contribution in [3.63, 3.8) is 0 Å². The van der Waals surface area contributed by atoms with E-state index in [-0.39, 0.29) is 17.6 Å². The van der Waals surface area contributed by atoms with Crippen LogP contribution in [0.15, 0.2) is 53.9 Å². The number of nitrogens with zero attached hydrogens (tertiary/aromatic N) is 2. The van der Waals surface area contributed by atoms with E-state index in [1.807, 2.05) is 37.2 Å². The van der Waals surface area contributed by atoms with E-state index in [0.29, 0.717) is 11.3 Å². The first-order valence-electron chi connectivity index (χ1n) is 7.15. The van der Waals surface area contributed by atoms with Crippen LogP contribution in [0.25, 0.3) is 0 Å². The molecule has 0 saturated heterocycles. The van der Waals surface area contributed by atoms with Crippen molar-refractivity contribution in [3.05, 3.63) is 70.9 Å². The standard InChI is InChI=1S/C18H16FN3O/c1-22(2)13-7-8-14-16(9-13)23-18(21)15(10-20)17(14)11-3-5-12(19)6-4-11/h3-9,17H,21H2,1-2H3. The van der Waals surface area contributed by atoms with Gasteiger partial charge in [-0.3, -0.25) is 0 Å². The number of hydrogen-bond acceptors (Lipinski definition) is 4. The van der Waals surface area contributed by atoms with Crippen molar-refractivity contribution in [1.29, 1.82) is 5.26 Å². The molecule has 0 saturated carbocycles. The Morgan fingerprint density at radius 2 is 1.87 bits per heavy atom. The van der Waals surface area contributed by atoms with Gasteiger partial charge in [0, 0.05) is 31.4 Å². The Balaban J connectivity index is 2.17. The molecule has 4 nitrogen and oxygen atoms in total. The van der Waals surface area contributed by atoms with Crippen LogP contribution in [-0.4, -0.2) is 14.1 Å². The van der Waals surface area contributed by atoms with Crippen LogP contribution in [-0.2, 0) is 0 Å². The van der Waals surface area contributed by atoms with E-state index in [2.05, 4.69) is 6.07 Å². The molecule has 5 heteroatoms. The summed E-state index contributed by atoms with van der Waals surface area (Å²) in [6.45, 7) is 0. The molecule has 1 unspecified atom stereocenters. The SMILES string of the molecule is CN(C)c1ccc2c(c1)OC(N)=C(C#N)C2c1ccc(F)cc1. The Hall–Kier alpha value is -3.00. The second-order valence-electron chi connectivity index (χ2n) is 5.59. The predicted octanol–water partition coefficient (Wildman–Crippen LogP) is 3.11. The van der Waals surface area contributed by atoms with E-state index in [1.54, 1.807) is 12.1 Å². The molecule has 1 heterocycles. The summed E-state index contributed by atoms with van der Waals surface area (Å²) in [7, 11) is 3.86. The minimum atomic E-state index is -0.361. The number of halogens is 1. The summed E-state index contributed by atoms with van der Waals surface area (Å²) in [6.07, 6.45) is 0. The van der Waals surface area contributed by atoms with Gasteiger partial charge in [-0.25, -0.2) is 4.39 Å². The van der Waals surface area contributed by atoms with Crippen molar-refractivity contribution >= 4 is 5.69 Å². The number of hydrogen-bond donors (Lipinski definition) is 1. The largest absolute Gasteiger partial charge is 0.440 e. The third-order valence-electron chi connectivity index (χ3n) is 3.92. The molecule has 3 rings (SSSR count). The first-order valence-corrected chi connectivity index (χ1v) is 7.15. The molecule has 23 heavy (non-hydrogen) atoms. The number of benzene rings is 2. The molecule has 2 N–H and O–H groups in total. The highest BCUT2D eigenvalue weighted by Crippen LogP contribution is 2.43. The zero-order valence-corrected chi connectivity index (χ0v) is 12.9. The third kappa shape index (κ3) is 2.59. The molecule has 0 aromatic heterocycles. The average Bonchev–Trinajstić information content (AvgIpc) is 2.53. The van der Waals surface area contributed by atoms with Gasteiger partial charge in [-0.2, -0.15) is 5.26 Å². The molecular weight excluding hydrogens is 293 g/mol. The van der Waals surface area contributed by atoms with Gasteiger partial charge < -0.3 is 15.4 Å². The summed E-state index contributed by atoms with van der Waals surface area (Å²) in [4.78, 5) is 1.95. The van der Waals surface area contributed by atoms with Crippen molar-refractivity contribution < 1.29 is 9.13 Å². The molecular formula is C18H16FN3O. The van der Waals surface area contributed by atoms with Crippen molar-refractivity contribution in [2.75, 3.05) is 19.0 Å². The zero-order valence-electron chi connectivity index (χ0n) is 12.9. The fourth-order valence-corrected chi connectivity index (χ4v) is 2.72. The lowest BCUT2D eigenvalue weighted by Gasteiger charge is -2.27. The first kappa shape index (κ1) is 14.9. The maximum absolute atomic E-state index is 13.2. The highest BCUT2D eigenvalue weighted by atomic mass is 19.1. The Kier molecular flexibility index (Phi) is 3.67. The Labute approximate surface area is 134 Å². The molecule has 0 fully saturated rings. The minimum absolute atomic E-state index is 0.0882. The number of fused-ring (bicyclic) bond motifs is 1. The molecule has 116 valence electrons. The first-order chi connectivity index (χ1) is 11.0. The van der Waals surface area contributed by atoms with Crippen LogP contribution in [0.3, 0.4) is 0 Å². The fourth-order valence-electron chi connectivity index (χ4n) is 2.72. The van der Waals surface area contributed by atoms with Gasteiger partial charge in [0.25, 0.3) is 0 Å². The smallest absolute Gasteiger partial charge is 0.205 e. The van der Waals surface area contributed by atoms with E-state index in [0.717, 1.165) is 16.8 Å². The summed E-state index contributed by atoms with van der Waals surface area (Å²) in [5.41, 5.74) is 8.88. The van der Waals surface area contributed by atoms with Crippen LogP contribution >= 0.6 is 0 Å². The molecule has 0 aliphatic carbocycles. The van der Waals surface area contributed by atoms with Crippen LogP contribution in [0.1, 0.15) is 17.0 Å². The monoisotopic (exact) mass is 309 g/mol. The Morgan fingerprint density at radius 1 is 1.17 bits per heavy atom. The van der Waals surface area contributed by atoms with E-state index in [4.69, 9.17) is 10.5 Å². The van der Waals surface area contributed by atoms with Crippen molar-refractivity contribution in [3.8, 4) is 11.8 Å². The Morgan fingerprint density at radius 3 is 2.48 bits per heavy atom. The van der Waals surface area contributed by atoms with Crippen LogP contribution in [0.2, 0.25) is 0 Å². The van der Waals surface area contributed by atoms with Crippen molar-refractivity contribution in [2.24, 2.45) is 5.73 Å². The molecule has 2 aromatic rings. The van der Waals surface area contributed by atoms with Gasteiger partial charge in [0.05, 0.1) is 5.92 Å². The summed E-state index contributed by atoms with van der Waals surface area (Å²) in [5, 5.41) is 9.47. The van der Waals surface area contributed by atoms with Crippen LogP contribution in [0.5, 0.6) is 5.75 Å². The Bertz CT molecular complexity index is 819. The summed E-state index contributed by atoms with van der Waals surface area (Å²) >= 11 is 0. The maximum atomic E-state index is 13.2. The lowest BCUT2D eigenvalue weighted by molar-refractivity contribution is 0.394. The van der Waals surface area contributed by atoms with Gasteiger partial charge >= 0.3 is 0 Å².